The number of rotatable bonds is 4. The Hall–Kier alpha value is -2.81. The minimum absolute atomic E-state index is 0.0545. The summed E-state index contributed by atoms with van der Waals surface area (Å²) in [4.78, 5) is 45.9. The predicted octanol–water partition coefficient (Wildman–Crippen LogP) is 1.97. The fourth-order valence-electron chi connectivity index (χ4n) is 4.37. The van der Waals surface area contributed by atoms with E-state index in [2.05, 4.69) is 20.3 Å². The fraction of sp³-hybridized carbons (Fsp3) is 0.550. The zero-order valence-electron chi connectivity index (χ0n) is 16.4. The summed E-state index contributed by atoms with van der Waals surface area (Å²) in [6, 6.07) is 0. The molecule has 1 amide bonds. The van der Waals surface area contributed by atoms with Crippen molar-refractivity contribution in [2.45, 2.75) is 63.8 Å². The van der Waals surface area contributed by atoms with Crippen LogP contribution in [-0.4, -0.2) is 46.4 Å². The molecule has 29 heavy (non-hydrogen) atoms. The molecule has 1 saturated carbocycles. The van der Waals surface area contributed by atoms with Crippen molar-refractivity contribution in [2.75, 3.05) is 5.32 Å². The number of aromatic nitrogens is 2. The number of amides is 1. The van der Waals surface area contributed by atoms with Gasteiger partial charge in [0.1, 0.15) is 11.8 Å². The normalized spacial score (nSPS) is 30.2. The molecule has 1 aromatic rings. The molecular weight excluding hydrogens is 376 g/mol. The number of fused-ring (bicyclic) bond motifs is 2. The van der Waals surface area contributed by atoms with E-state index in [9.17, 15) is 14.4 Å². The Morgan fingerprint density at radius 1 is 1.31 bits per heavy atom. The standard InChI is InChI=1S/C20H24N4O5/c1-10(25)22-20-23-16-12(7-8-21-17(16)19(27)24-20)3-5-14-9-13-4-6-15(18(13)29-14)28-11(2)26/h3,5,8,12-15,18H,4,6-7,9H2,1-2H3,(H2,22,23,24,25,27)/b5-3+/t12?,13-,14-,15-,18+/m1/s1. The summed E-state index contributed by atoms with van der Waals surface area (Å²) in [5, 5.41) is 2.51. The maximum atomic E-state index is 12.3. The van der Waals surface area contributed by atoms with Gasteiger partial charge in [0.2, 0.25) is 11.9 Å². The maximum absolute atomic E-state index is 12.3. The van der Waals surface area contributed by atoms with E-state index in [1.54, 1.807) is 6.21 Å². The number of carbonyl (C=O) groups is 2. The number of nitrogens with zero attached hydrogens (tertiary/aromatic N) is 2. The minimum atomic E-state index is -0.385. The van der Waals surface area contributed by atoms with Crippen LogP contribution in [-0.2, 0) is 19.1 Å². The Kier molecular flexibility index (Phi) is 5.31. The average Bonchev–Trinajstić information content (AvgIpc) is 3.21. The van der Waals surface area contributed by atoms with Crippen molar-refractivity contribution >= 4 is 29.7 Å². The van der Waals surface area contributed by atoms with Crippen molar-refractivity contribution in [3.05, 3.63) is 28.2 Å². The molecule has 1 aromatic heterocycles. The summed E-state index contributed by atoms with van der Waals surface area (Å²) >= 11 is 0. The third-order valence-corrected chi connectivity index (χ3v) is 5.54. The first-order valence-corrected chi connectivity index (χ1v) is 9.86. The van der Waals surface area contributed by atoms with Crippen LogP contribution < -0.4 is 10.9 Å². The number of hydrogen-bond donors (Lipinski definition) is 2. The molecule has 2 fully saturated rings. The number of nitrogens with one attached hydrogen (secondary N) is 2. The van der Waals surface area contributed by atoms with Gasteiger partial charge in [0.15, 0.2) is 0 Å². The molecule has 1 unspecified atom stereocenters. The fourth-order valence-corrected chi connectivity index (χ4v) is 4.37. The molecule has 4 rings (SSSR count). The highest BCUT2D eigenvalue weighted by molar-refractivity contribution is 5.86. The molecular formula is C20H24N4O5. The van der Waals surface area contributed by atoms with Crippen LogP contribution in [0.3, 0.4) is 0 Å². The van der Waals surface area contributed by atoms with E-state index >= 15 is 0 Å². The lowest BCUT2D eigenvalue weighted by Gasteiger charge is -2.19. The van der Waals surface area contributed by atoms with E-state index in [4.69, 9.17) is 9.47 Å². The van der Waals surface area contributed by atoms with Crippen LogP contribution in [0.15, 0.2) is 21.9 Å². The lowest BCUT2D eigenvalue weighted by atomic mass is 9.96. The quantitative estimate of drug-likeness (QED) is 0.588. The van der Waals surface area contributed by atoms with Crippen molar-refractivity contribution < 1.29 is 19.1 Å². The van der Waals surface area contributed by atoms with Gasteiger partial charge in [0, 0.05) is 26.0 Å². The number of hydrogen-bond acceptors (Lipinski definition) is 7. The summed E-state index contributed by atoms with van der Waals surface area (Å²) < 4.78 is 11.5. The third-order valence-electron chi connectivity index (χ3n) is 5.54. The number of esters is 1. The van der Waals surface area contributed by atoms with Crippen molar-refractivity contribution in [2.24, 2.45) is 10.9 Å². The second-order valence-electron chi connectivity index (χ2n) is 7.73. The van der Waals surface area contributed by atoms with Crippen LogP contribution in [0.1, 0.15) is 51.1 Å². The Balaban J connectivity index is 1.49. The number of aromatic amines is 1. The van der Waals surface area contributed by atoms with Crippen molar-refractivity contribution in [3.8, 4) is 0 Å². The van der Waals surface area contributed by atoms with Crippen LogP contribution >= 0.6 is 0 Å². The van der Waals surface area contributed by atoms with Gasteiger partial charge in [-0.1, -0.05) is 12.2 Å². The molecule has 2 aliphatic heterocycles. The van der Waals surface area contributed by atoms with E-state index in [1.807, 2.05) is 12.2 Å². The zero-order chi connectivity index (χ0) is 20.5. The molecule has 5 atom stereocenters. The van der Waals surface area contributed by atoms with Crippen LogP contribution in [0.5, 0.6) is 0 Å². The third kappa shape index (κ3) is 4.14. The van der Waals surface area contributed by atoms with Gasteiger partial charge in [-0.15, -0.1) is 0 Å². The summed E-state index contributed by atoms with van der Waals surface area (Å²) in [6.45, 7) is 2.78. The molecule has 0 radical (unpaired) electrons. The molecule has 0 spiro atoms. The number of anilines is 1. The first-order chi connectivity index (χ1) is 13.9. The molecule has 1 saturated heterocycles. The lowest BCUT2D eigenvalue weighted by molar-refractivity contribution is -0.152. The SMILES string of the molecule is CC(=O)Nc1nc2c(c(=O)[nH]1)N=CCC2/C=C/[C@@H]1C[C@H]2CC[C@@H](OC(C)=O)[C@H]2O1. The van der Waals surface area contributed by atoms with Crippen LogP contribution in [0, 0.1) is 5.92 Å². The Bertz CT molecular complexity index is 937. The minimum Gasteiger partial charge on any atom is -0.460 e. The van der Waals surface area contributed by atoms with E-state index in [1.165, 1.54) is 13.8 Å². The molecule has 3 aliphatic rings. The number of H-pyrrole nitrogens is 1. The maximum Gasteiger partial charge on any atom is 0.302 e. The monoisotopic (exact) mass is 400 g/mol. The van der Waals surface area contributed by atoms with Crippen LogP contribution in [0.2, 0.25) is 0 Å². The average molecular weight is 400 g/mol. The van der Waals surface area contributed by atoms with E-state index < -0.39 is 0 Å². The summed E-state index contributed by atoms with van der Waals surface area (Å²) in [5.41, 5.74) is 0.412. The largest absolute Gasteiger partial charge is 0.460 e. The van der Waals surface area contributed by atoms with Crippen LogP contribution in [0.4, 0.5) is 11.6 Å². The van der Waals surface area contributed by atoms with Gasteiger partial charge in [-0.3, -0.25) is 29.7 Å². The lowest BCUT2D eigenvalue weighted by Crippen LogP contribution is -2.28. The number of carbonyl (C=O) groups excluding carboxylic acids is 2. The van der Waals surface area contributed by atoms with Crippen molar-refractivity contribution in [1.82, 2.24) is 9.97 Å². The molecule has 2 N–H and O–H groups in total. The van der Waals surface area contributed by atoms with E-state index in [0.29, 0.717) is 18.0 Å². The molecule has 9 heteroatoms. The van der Waals surface area contributed by atoms with Gasteiger partial charge in [0.05, 0.1) is 17.9 Å². The summed E-state index contributed by atoms with van der Waals surface area (Å²) in [6.07, 6.45) is 8.72. The van der Waals surface area contributed by atoms with Gasteiger partial charge < -0.3 is 9.47 Å². The molecule has 3 heterocycles. The second-order valence-corrected chi connectivity index (χ2v) is 7.73. The Morgan fingerprint density at radius 2 is 2.14 bits per heavy atom. The molecule has 154 valence electrons. The van der Waals surface area contributed by atoms with Gasteiger partial charge in [-0.2, -0.15) is 0 Å². The number of allylic oxidation sites excluding steroid dienone is 1. The Labute approximate surface area is 167 Å². The van der Waals surface area contributed by atoms with Crippen molar-refractivity contribution in [3.63, 3.8) is 0 Å². The molecule has 0 aromatic carbocycles. The van der Waals surface area contributed by atoms with Gasteiger partial charge in [-0.25, -0.2) is 4.98 Å². The van der Waals surface area contributed by atoms with E-state index in [0.717, 1.165) is 19.3 Å². The summed E-state index contributed by atoms with van der Waals surface area (Å²) in [5.74, 6) is -0.213. The van der Waals surface area contributed by atoms with Gasteiger partial charge in [-0.05, 0) is 31.6 Å². The first-order valence-electron chi connectivity index (χ1n) is 9.86. The summed E-state index contributed by atoms with van der Waals surface area (Å²) in [7, 11) is 0. The highest BCUT2D eigenvalue weighted by atomic mass is 16.6. The Morgan fingerprint density at radius 3 is 2.90 bits per heavy atom. The zero-order valence-corrected chi connectivity index (χ0v) is 16.4. The second kappa shape index (κ2) is 7.90. The molecule has 0 bridgehead atoms. The highest BCUT2D eigenvalue weighted by Gasteiger charge is 2.45. The number of ether oxygens (including phenoxy) is 2. The molecule has 9 nitrogen and oxygen atoms in total. The first kappa shape index (κ1) is 19.5. The highest BCUT2D eigenvalue weighted by Crippen LogP contribution is 2.41. The van der Waals surface area contributed by atoms with Crippen molar-refractivity contribution in [1.29, 1.82) is 0 Å². The molecule has 1 aliphatic carbocycles. The van der Waals surface area contributed by atoms with Crippen LogP contribution in [0.25, 0.3) is 0 Å². The predicted molar refractivity (Wildman–Crippen MR) is 105 cm³/mol. The number of aliphatic imine (C=N–C) groups is 1. The van der Waals surface area contributed by atoms with Gasteiger partial charge >= 0.3 is 5.97 Å². The van der Waals surface area contributed by atoms with Gasteiger partial charge in [0.25, 0.3) is 5.56 Å². The smallest absolute Gasteiger partial charge is 0.302 e. The topological polar surface area (TPSA) is 123 Å². The van der Waals surface area contributed by atoms with E-state index in [-0.39, 0.29) is 53.3 Å².